The Morgan fingerprint density at radius 3 is 3.08 bits per heavy atom. The fourth-order valence-electron chi connectivity index (χ4n) is 1.85. The average molecular weight is 155 g/mol. The van der Waals surface area contributed by atoms with Crippen molar-refractivity contribution in [2.45, 2.75) is 6.54 Å². The van der Waals surface area contributed by atoms with E-state index >= 15 is 0 Å². The molecule has 1 aromatic carbocycles. The van der Waals surface area contributed by atoms with E-state index in [0.717, 1.165) is 6.54 Å². The molecule has 1 aromatic heterocycles. The second-order valence-electron chi connectivity index (χ2n) is 3.14. The highest BCUT2D eigenvalue weighted by Crippen LogP contribution is 2.23. The van der Waals surface area contributed by atoms with Gasteiger partial charge in [-0.05, 0) is 18.2 Å². The van der Waals surface area contributed by atoms with Gasteiger partial charge in [-0.2, -0.15) is 0 Å². The van der Waals surface area contributed by atoms with Crippen molar-refractivity contribution in [3.8, 4) is 0 Å². The maximum absolute atomic E-state index is 2.33. The Hall–Kier alpha value is -1.50. The van der Waals surface area contributed by atoms with E-state index in [0.29, 0.717) is 0 Å². The normalized spacial score (nSPS) is 14.0. The van der Waals surface area contributed by atoms with Gasteiger partial charge in [-0.1, -0.05) is 24.3 Å². The molecule has 0 amide bonds. The van der Waals surface area contributed by atoms with Crippen LogP contribution in [0.4, 0.5) is 0 Å². The molecule has 1 aliphatic heterocycles. The van der Waals surface area contributed by atoms with Crippen molar-refractivity contribution >= 4 is 17.0 Å². The van der Waals surface area contributed by atoms with Gasteiger partial charge in [0, 0.05) is 23.1 Å². The Kier molecular flexibility index (Phi) is 1.01. The van der Waals surface area contributed by atoms with Gasteiger partial charge in [0.05, 0.1) is 0 Å². The van der Waals surface area contributed by atoms with Crippen molar-refractivity contribution in [1.29, 1.82) is 0 Å². The number of nitrogens with zero attached hydrogens (tertiary/aromatic N) is 1. The van der Waals surface area contributed by atoms with Gasteiger partial charge in [0.25, 0.3) is 0 Å². The lowest BCUT2D eigenvalue weighted by molar-refractivity contribution is 0.882. The summed E-state index contributed by atoms with van der Waals surface area (Å²) in [6.45, 7) is 1.03. The van der Waals surface area contributed by atoms with Crippen LogP contribution in [0.3, 0.4) is 0 Å². The smallest absolute Gasteiger partial charge is 0.0488 e. The van der Waals surface area contributed by atoms with Gasteiger partial charge in [-0.25, -0.2) is 0 Å². The van der Waals surface area contributed by atoms with E-state index in [1.807, 2.05) is 0 Å². The summed E-state index contributed by atoms with van der Waals surface area (Å²) in [4.78, 5) is 0. The molecular weight excluding hydrogens is 146 g/mol. The van der Waals surface area contributed by atoms with E-state index in [1.165, 1.54) is 16.6 Å². The van der Waals surface area contributed by atoms with E-state index in [4.69, 9.17) is 0 Å². The van der Waals surface area contributed by atoms with Crippen molar-refractivity contribution in [3.63, 3.8) is 0 Å². The SMILES string of the molecule is C1=Cc2cc3ccccc3n2C1. The third kappa shape index (κ3) is 0.632. The summed E-state index contributed by atoms with van der Waals surface area (Å²) in [6.07, 6.45) is 4.38. The fourth-order valence-corrected chi connectivity index (χ4v) is 1.85. The Balaban J connectivity index is 2.49. The lowest BCUT2D eigenvalue weighted by atomic mass is 10.2. The first-order valence-corrected chi connectivity index (χ1v) is 4.20. The van der Waals surface area contributed by atoms with Crippen molar-refractivity contribution in [1.82, 2.24) is 4.57 Å². The highest BCUT2D eigenvalue weighted by molar-refractivity contribution is 5.84. The van der Waals surface area contributed by atoms with Crippen molar-refractivity contribution in [2.75, 3.05) is 0 Å². The van der Waals surface area contributed by atoms with Crippen LogP contribution >= 0.6 is 0 Å². The molecule has 0 fully saturated rings. The van der Waals surface area contributed by atoms with Crippen LogP contribution in [0.5, 0.6) is 0 Å². The van der Waals surface area contributed by atoms with E-state index in [-0.39, 0.29) is 0 Å². The number of aromatic nitrogens is 1. The standard InChI is InChI=1S/C11H9N/c1-2-6-11-9(4-1)8-10-5-3-7-12(10)11/h1-6,8H,7H2. The molecule has 1 nitrogen and oxygen atoms in total. The average Bonchev–Trinajstić information content (AvgIpc) is 2.62. The van der Waals surface area contributed by atoms with Crippen LogP contribution in [-0.2, 0) is 6.54 Å². The van der Waals surface area contributed by atoms with Gasteiger partial charge in [0.1, 0.15) is 0 Å². The van der Waals surface area contributed by atoms with Gasteiger partial charge in [-0.3, -0.25) is 0 Å². The molecule has 1 heteroatoms. The summed E-state index contributed by atoms with van der Waals surface area (Å²) in [7, 11) is 0. The predicted octanol–water partition coefficient (Wildman–Crippen LogP) is 2.67. The Bertz CT molecular complexity index is 463. The van der Waals surface area contributed by atoms with Crippen LogP contribution in [0.15, 0.2) is 36.4 Å². The zero-order valence-corrected chi connectivity index (χ0v) is 6.70. The summed E-state index contributed by atoms with van der Waals surface area (Å²) in [5.74, 6) is 0. The summed E-state index contributed by atoms with van der Waals surface area (Å²) >= 11 is 0. The largest absolute Gasteiger partial charge is 0.337 e. The molecule has 0 radical (unpaired) electrons. The molecule has 0 unspecified atom stereocenters. The van der Waals surface area contributed by atoms with Gasteiger partial charge in [0.2, 0.25) is 0 Å². The van der Waals surface area contributed by atoms with Crippen LogP contribution in [0, 0.1) is 0 Å². The first-order chi connectivity index (χ1) is 5.95. The van der Waals surface area contributed by atoms with Gasteiger partial charge < -0.3 is 4.57 Å². The summed E-state index contributed by atoms with van der Waals surface area (Å²) in [5.41, 5.74) is 2.67. The molecule has 0 aliphatic carbocycles. The van der Waals surface area contributed by atoms with E-state index in [2.05, 4.69) is 47.1 Å². The minimum atomic E-state index is 1.03. The maximum atomic E-state index is 2.33. The van der Waals surface area contributed by atoms with Crippen molar-refractivity contribution in [3.05, 3.63) is 42.1 Å². The van der Waals surface area contributed by atoms with E-state index in [9.17, 15) is 0 Å². The van der Waals surface area contributed by atoms with Crippen molar-refractivity contribution < 1.29 is 0 Å². The molecule has 0 bridgehead atoms. The van der Waals surface area contributed by atoms with Crippen molar-refractivity contribution in [2.24, 2.45) is 0 Å². The van der Waals surface area contributed by atoms with Gasteiger partial charge in [-0.15, -0.1) is 0 Å². The van der Waals surface area contributed by atoms with E-state index in [1.54, 1.807) is 0 Å². The molecule has 0 spiro atoms. The number of rotatable bonds is 0. The fraction of sp³-hybridized carbons (Fsp3) is 0.0909. The molecule has 12 heavy (non-hydrogen) atoms. The Labute approximate surface area is 70.9 Å². The molecule has 0 atom stereocenters. The maximum Gasteiger partial charge on any atom is 0.0488 e. The van der Waals surface area contributed by atoms with Crippen LogP contribution < -0.4 is 0 Å². The number of hydrogen-bond acceptors (Lipinski definition) is 0. The monoisotopic (exact) mass is 155 g/mol. The van der Waals surface area contributed by atoms with Crippen LogP contribution in [0.25, 0.3) is 17.0 Å². The minimum absolute atomic E-state index is 1.03. The zero-order valence-electron chi connectivity index (χ0n) is 6.70. The highest BCUT2D eigenvalue weighted by Gasteiger charge is 2.07. The number of hydrogen-bond donors (Lipinski definition) is 0. The third-order valence-corrected chi connectivity index (χ3v) is 2.42. The van der Waals surface area contributed by atoms with Crippen LogP contribution in [0.2, 0.25) is 0 Å². The summed E-state index contributed by atoms with van der Waals surface area (Å²) in [6, 6.07) is 10.7. The number of para-hydroxylation sites is 1. The first kappa shape index (κ1) is 6.06. The highest BCUT2D eigenvalue weighted by atomic mass is 15.0. The zero-order chi connectivity index (χ0) is 7.97. The molecule has 2 heterocycles. The van der Waals surface area contributed by atoms with E-state index < -0.39 is 0 Å². The molecule has 3 rings (SSSR count). The van der Waals surface area contributed by atoms with Crippen LogP contribution in [0.1, 0.15) is 5.69 Å². The lowest BCUT2D eigenvalue weighted by Gasteiger charge is -1.98. The van der Waals surface area contributed by atoms with Gasteiger partial charge in [0.15, 0.2) is 0 Å². The minimum Gasteiger partial charge on any atom is -0.337 e. The molecule has 1 aliphatic rings. The Morgan fingerprint density at radius 2 is 2.08 bits per heavy atom. The Morgan fingerprint density at radius 1 is 1.17 bits per heavy atom. The second kappa shape index (κ2) is 2.01. The quantitative estimate of drug-likeness (QED) is 0.551. The second-order valence-corrected chi connectivity index (χ2v) is 3.14. The molecule has 58 valence electrons. The third-order valence-electron chi connectivity index (χ3n) is 2.42. The summed E-state index contributed by atoms with van der Waals surface area (Å²) in [5, 5.41) is 1.34. The number of allylic oxidation sites excluding steroid dienone is 1. The topological polar surface area (TPSA) is 4.93 Å². The molecule has 2 aromatic rings. The summed E-state index contributed by atoms with van der Waals surface area (Å²) < 4.78 is 2.33. The molecule has 0 saturated heterocycles. The predicted molar refractivity (Wildman–Crippen MR) is 51.0 cm³/mol. The number of fused-ring (bicyclic) bond motifs is 3. The first-order valence-electron chi connectivity index (χ1n) is 4.20. The number of benzene rings is 1. The van der Waals surface area contributed by atoms with Crippen LogP contribution in [-0.4, -0.2) is 4.57 Å². The lowest BCUT2D eigenvalue weighted by Crippen LogP contribution is -1.90. The molecule has 0 saturated carbocycles. The van der Waals surface area contributed by atoms with Gasteiger partial charge >= 0.3 is 0 Å². The molecule has 0 N–H and O–H groups in total. The molecular formula is C11H9N.